The summed E-state index contributed by atoms with van der Waals surface area (Å²) in [6.07, 6.45) is 2.61. The maximum absolute atomic E-state index is 13.3. The number of nitrogen functional groups attached to an aromatic ring is 1. The van der Waals surface area contributed by atoms with Crippen LogP contribution in [-0.2, 0) is 9.59 Å². The van der Waals surface area contributed by atoms with E-state index in [1.54, 1.807) is 12.1 Å². The first-order valence-electron chi connectivity index (χ1n) is 9.32. The molecule has 10 heteroatoms. The lowest BCUT2D eigenvalue weighted by Crippen LogP contribution is -2.46. The van der Waals surface area contributed by atoms with Gasteiger partial charge < -0.3 is 20.7 Å². The number of nitrogens with zero attached hydrogens (tertiary/aromatic N) is 2. The summed E-state index contributed by atoms with van der Waals surface area (Å²) in [7, 11) is 0. The number of anilines is 2. The molecular weight excluding hydrogens is 401 g/mol. The normalized spacial score (nSPS) is 18.9. The summed E-state index contributed by atoms with van der Waals surface area (Å²) >= 11 is 0. The highest BCUT2D eigenvalue weighted by Crippen LogP contribution is 2.33. The number of carbonyl (C=O) groups excluding carboxylic acids is 2. The van der Waals surface area contributed by atoms with Gasteiger partial charge in [0.1, 0.15) is 5.82 Å². The number of hydrogen-bond acceptors (Lipinski definition) is 5. The number of likely N-dealkylation sites (tertiary alicyclic amines) is 1. The lowest BCUT2D eigenvalue weighted by atomic mass is 9.90. The molecule has 0 bridgehead atoms. The van der Waals surface area contributed by atoms with E-state index in [1.807, 2.05) is 6.92 Å². The van der Waals surface area contributed by atoms with E-state index in [2.05, 4.69) is 15.0 Å². The van der Waals surface area contributed by atoms with Crippen molar-refractivity contribution in [2.24, 2.45) is 5.92 Å². The van der Waals surface area contributed by atoms with Crippen LogP contribution in [0.3, 0.4) is 0 Å². The van der Waals surface area contributed by atoms with Crippen molar-refractivity contribution in [3.63, 3.8) is 0 Å². The van der Waals surface area contributed by atoms with Crippen molar-refractivity contribution < 1.29 is 27.5 Å². The standard InChI is InChI=1S/C20H21F3N4O3/c1-11-2-7-15(12-3-5-13(21)6-4-12)27(10-11)19(29)18(28)26-14-8-16(30-20(22)23)17(24)25-9-14/h3-6,8-9,11,15,20H,2,7,10H2,1H3,(H2,24,25)(H,26,28)/t11-,15+/m0/s1. The molecule has 0 radical (unpaired) electrons. The second kappa shape index (κ2) is 9.02. The number of ether oxygens (including phenoxy) is 1. The molecule has 2 amide bonds. The summed E-state index contributed by atoms with van der Waals surface area (Å²) in [5.41, 5.74) is 6.19. The summed E-state index contributed by atoms with van der Waals surface area (Å²) < 4.78 is 42.4. The maximum atomic E-state index is 13.3. The van der Waals surface area contributed by atoms with E-state index in [0.717, 1.165) is 24.2 Å². The van der Waals surface area contributed by atoms with Gasteiger partial charge in [0.15, 0.2) is 11.6 Å². The average Bonchev–Trinajstić information content (AvgIpc) is 2.70. The second-order valence-electron chi connectivity index (χ2n) is 7.15. The minimum absolute atomic E-state index is 0.0124. The number of aromatic nitrogens is 1. The Morgan fingerprint density at radius 3 is 2.63 bits per heavy atom. The smallest absolute Gasteiger partial charge is 0.387 e. The van der Waals surface area contributed by atoms with Gasteiger partial charge >= 0.3 is 18.4 Å². The van der Waals surface area contributed by atoms with Crippen molar-refractivity contribution in [1.29, 1.82) is 0 Å². The van der Waals surface area contributed by atoms with E-state index >= 15 is 0 Å². The van der Waals surface area contributed by atoms with Crippen molar-refractivity contribution in [1.82, 2.24) is 9.88 Å². The Kier molecular flexibility index (Phi) is 6.43. The molecule has 3 N–H and O–H groups in total. The molecule has 1 fully saturated rings. The first-order chi connectivity index (χ1) is 14.2. The van der Waals surface area contributed by atoms with Crippen LogP contribution in [0.4, 0.5) is 24.7 Å². The van der Waals surface area contributed by atoms with Gasteiger partial charge in [-0.1, -0.05) is 19.1 Å². The summed E-state index contributed by atoms with van der Waals surface area (Å²) in [5.74, 6) is -2.64. The van der Waals surface area contributed by atoms with Gasteiger partial charge in [-0.25, -0.2) is 9.37 Å². The number of carbonyl (C=O) groups is 2. The van der Waals surface area contributed by atoms with Crippen LogP contribution >= 0.6 is 0 Å². The van der Waals surface area contributed by atoms with Crippen LogP contribution in [0, 0.1) is 11.7 Å². The van der Waals surface area contributed by atoms with E-state index < -0.39 is 30.0 Å². The van der Waals surface area contributed by atoms with Crippen LogP contribution in [0.25, 0.3) is 0 Å². The molecule has 1 saturated heterocycles. The second-order valence-corrected chi connectivity index (χ2v) is 7.15. The third kappa shape index (κ3) is 5.00. The summed E-state index contributed by atoms with van der Waals surface area (Å²) in [6.45, 7) is -0.793. The Labute approximate surface area is 171 Å². The molecule has 1 aromatic heterocycles. The fourth-order valence-electron chi connectivity index (χ4n) is 3.44. The predicted molar refractivity (Wildman–Crippen MR) is 103 cm³/mol. The van der Waals surface area contributed by atoms with E-state index in [1.165, 1.54) is 17.0 Å². The fourth-order valence-corrected chi connectivity index (χ4v) is 3.44. The molecule has 0 unspecified atom stereocenters. The molecular formula is C20H21F3N4O3. The van der Waals surface area contributed by atoms with E-state index in [0.29, 0.717) is 13.0 Å². The molecule has 160 valence electrons. The van der Waals surface area contributed by atoms with Crippen LogP contribution in [0.5, 0.6) is 5.75 Å². The molecule has 1 aliphatic rings. The number of nitrogens with two attached hydrogens (primary N) is 1. The zero-order valence-electron chi connectivity index (χ0n) is 16.1. The largest absolute Gasteiger partial charge is 0.431 e. The quantitative estimate of drug-likeness (QED) is 0.737. The SMILES string of the molecule is C[C@H]1CC[C@H](c2ccc(F)cc2)N(C(=O)C(=O)Nc2cnc(N)c(OC(F)F)c2)C1. The number of amides is 2. The van der Waals surface area contributed by atoms with Crippen LogP contribution in [0.2, 0.25) is 0 Å². The Balaban J connectivity index is 1.77. The highest BCUT2D eigenvalue weighted by atomic mass is 19.3. The van der Waals surface area contributed by atoms with Gasteiger partial charge in [-0.3, -0.25) is 9.59 Å². The van der Waals surface area contributed by atoms with Gasteiger partial charge in [-0.15, -0.1) is 0 Å². The van der Waals surface area contributed by atoms with Crippen molar-refractivity contribution >= 4 is 23.3 Å². The predicted octanol–water partition coefficient (Wildman–Crippen LogP) is 3.34. The lowest BCUT2D eigenvalue weighted by molar-refractivity contribution is -0.146. The zero-order valence-corrected chi connectivity index (χ0v) is 16.1. The van der Waals surface area contributed by atoms with Gasteiger partial charge in [0.05, 0.1) is 17.9 Å². The van der Waals surface area contributed by atoms with Crippen LogP contribution in [0.1, 0.15) is 31.4 Å². The van der Waals surface area contributed by atoms with Gasteiger partial charge in [0.2, 0.25) is 0 Å². The lowest BCUT2D eigenvalue weighted by Gasteiger charge is -2.38. The van der Waals surface area contributed by atoms with Gasteiger partial charge in [0.25, 0.3) is 0 Å². The number of nitrogens with one attached hydrogen (secondary N) is 1. The number of pyridine rings is 1. The number of halogens is 3. The van der Waals surface area contributed by atoms with Crippen molar-refractivity contribution in [2.75, 3.05) is 17.6 Å². The molecule has 0 aliphatic carbocycles. The molecule has 2 heterocycles. The summed E-state index contributed by atoms with van der Waals surface area (Å²) in [6, 6.07) is 6.48. The first kappa shape index (κ1) is 21.4. The molecule has 30 heavy (non-hydrogen) atoms. The maximum Gasteiger partial charge on any atom is 0.387 e. The molecule has 1 aliphatic heterocycles. The zero-order chi connectivity index (χ0) is 21.8. The average molecular weight is 422 g/mol. The molecule has 2 aromatic rings. The minimum Gasteiger partial charge on any atom is -0.431 e. The molecule has 2 atom stereocenters. The topological polar surface area (TPSA) is 97.6 Å². The number of piperidine rings is 1. The van der Waals surface area contributed by atoms with E-state index in [-0.39, 0.29) is 23.5 Å². The monoisotopic (exact) mass is 422 g/mol. The third-order valence-corrected chi connectivity index (χ3v) is 4.88. The summed E-state index contributed by atoms with van der Waals surface area (Å²) in [4.78, 5) is 30.6. The van der Waals surface area contributed by atoms with Crippen LogP contribution in [0.15, 0.2) is 36.5 Å². The van der Waals surface area contributed by atoms with E-state index in [9.17, 15) is 22.8 Å². The van der Waals surface area contributed by atoms with Gasteiger partial charge in [-0.05, 0) is 36.5 Å². The molecule has 0 spiro atoms. The number of hydrogen-bond donors (Lipinski definition) is 2. The van der Waals surface area contributed by atoms with Crippen LogP contribution < -0.4 is 15.8 Å². The Bertz CT molecular complexity index is 924. The van der Waals surface area contributed by atoms with E-state index in [4.69, 9.17) is 5.73 Å². The fraction of sp³-hybridized carbons (Fsp3) is 0.350. The summed E-state index contributed by atoms with van der Waals surface area (Å²) in [5, 5.41) is 2.34. The Morgan fingerprint density at radius 1 is 1.27 bits per heavy atom. The van der Waals surface area contributed by atoms with Gasteiger partial charge in [0, 0.05) is 12.6 Å². The number of alkyl halides is 2. The number of benzene rings is 1. The van der Waals surface area contributed by atoms with Crippen LogP contribution in [-0.4, -0.2) is 34.9 Å². The highest BCUT2D eigenvalue weighted by molar-refractivity contribution is 6.39. The highest BCUT2D eigenvalue weighted by Gasteiger charge is 2.34. The molecule has 1 aromatic carbocycles. The Morgan fingerprint density at radius 2 is 1.97 bits per heavy atom. The third-order valence-electron chi connectivity index (χ3n) is 4.88. The first-order valence-corrected chi connectivity index (χ1v) is 9.32. The van der Waals surface area contributed by atoms with Gasteiger partial charge in [-0.2, -0.15) is 8.78 Å². The van der Waals surface area contributed by atoms with Crippen molar-refractivity contribution in [3.8, 4) is 5.75 Å². The molecule has 3 rings (SSSR count). The molecule has 0 saturated carbocycles. The van der Waals surface area contributed by atoms with Crippen molar-refractivity contribution in [3.05, 3.63) is 47.9 Å². The minimum atomic E-state index is -3.12. The number of rotatable bonds is 4. The van der Waals surface area contributed by atoms with Crippen molar-refractivity contribution in [2.45, 2.75) is 32.4 Å². The Hall–Kier alpha value is -3.30. The molecule has 7 nitrogen and oxygen atoms in total.